The van der Waals surface area contributed by atoms with Gasteiger partial charge >= 0.3 is 0 Å². The average Bonchev–Trinajstić information content (AvgIpc) is 2.97. The van der Waals surface area contributed by atoms with Gasteiger partial charge in [-0.1, -0.05) is 19.9 Å². The number of benzene rings is 1. The number of nitrogens with one attached hydrogen (secondary N) is 1. The standard InChI is InChI=1S/C19H27N5O/c1-13-7-14(2)11-24(10-13)19(25)16-6-5-15(3)17(8-16)20-9-18-21-12-22-23(18)4/h5-6,8,12-14,20H,7,9-11H2,1-4H3/t13-,14-/m0/s1. The molecule has 6 nitrogen and oxygen atoms in total. The normalized spacial score (nSPS) is 20.6. The van der Waals surface area contributed by atoms with Crippen molar-refractivity contribution in [2.24, 2.45) is 18.9 Å². The van der Waals surface area contributed by atoms with Gasteiger partial charge in [0.15, 0.2) is 0 Å². The van der Waals surface area contributed by atoms with E-state index in [1.54, 1.807) is 11.0 Å². The molecule has 1 saturated heterocycles. The van der Waals surface area contributed by atoms with E-state index in [1.807, 2.05) is 37.1 Å². The molecule has 2 heterocycles. The van der Waals surface area contributed by atoms with Crippen molar-refractivity contribution in [2.45, 2.75) is 33.7 Å². The second-order valence-corrected chi connectivity index (χ2v) is 7.34. The Morgan fingerprint density at radius 1 is 1.28 bits per heavy atom. The fourth-order valence-corrected chi connectivity index (χ4v) is 3.61. The zero-order chi connectivity index (χ0) is 18.0. The highest BCUT2D eigenvalue weighted by atomic mass is 16.2. The van der Waals surface area contributed by atoms with Crippen molar-refractivity contribution < 1.29 is 4.79 Å². The van der Waals surface area contributed by atoms with Crippen molar-refractivity contribution in [3.05, 3.63) is 41.5 Å². The maximum atomic E-state index is 12.9. The molecule has 0 radical (unpaired) electrons. The van der Waals surface area contributed by atoms with Gasteiger partial charge in [-0.15, -0.1) is 0 Å². The van der Waals surface area contributed by atoms with Crippen LogP contribution in [0, 0.1) is 18.8 Å². The van der Waals surface area contributed by atoms with Crippen LogP contribution in [0.2, 0.25) is 0 Å². The minimum Gasteiger partial charge on any atom is -0.378 e. The molecule has 0 spiro atoms. The molecule has 134 valence electrons. The van der Waals surface area contributed by atoms with Gasteiger partial charge in [-0.25, -0.2) is 4.98 Å². The van der Waals surface area contributed by atoms with Crippen LogP contribution in [0.3, 0.4) is 0 Å². The minimum atomic E-state index is 0.125. The van der Waals surface area contributed by atoms with E-state index in [1.165, 1.54) is 6.42 Å². The van der Waals surface area contributed by atoms with Gasteiger partial charge in [-0.05, 0) is 42.9 Å². The molecule has 6 heteroatoms. The number of nitrogens with zero attached hydrogens (tertiary/aromatic N) is 4. The van der Waals surface area contributed by atoms with E-state index in [-0.39, 0.29) is 5.91 Å². The zero-order valence-corrected chi connectivity index (χ0v) is 15.5. The van der Waals surface area contributed by atoms with Gasteiger partial charge < -0.3 is 10.2 Å². The van der Waals surface area contributed by atoms with Crippen molar-refractivity contribution in [3.8, 4) is 0 Å². The number of hydrogen-bond acceptors (Lipinski definition) is 4. The lowest BCUT2D eigenvalue weighted by atomic mass is 9.91. The number of amides is 1. The van der Waals surface area contributed by atoms with E-state index in [2.05, 4.69) is 29.2 Å². The Balaban J connectivity index is 1.74. The van der Waals surface area contributed by atoms with Crippen molar-refractivity contribution >= 4 is 11.6 Å². The van der Waals surface area contributed by atoms with Crippen molar-refractivity contribution in [3.63, 3.8) is 0 Å². The Bertz CT molecular complexity index is 744. The Hall–Kier alpha value is -2.37. The van der Waals surface area contributed by atoms with Gasteiger partial charge in [0.25, 0.3) is 5.91 Å². The first kappa shape index (κ1) is 17.5. The molecule has 2 atom stereocenters. The SMILES string of the molecule is Cc1ccc(C(=O)N2C[C@@H](C)C[C@H](C)C2)cc1NCc1ncnn1C. The lowest BCUT2D eigenvalue weighted by Crippen LogP contribution is -2.42. The second kappa shape index (κ2) is 7.25. The fourth-order valence-electron chi connectivity index (χ4n) is 3.61. The molecule has 25 heavy (non-hydrogen) atoms. The highest BCUT2D eigenvalue weighted by Crippen LogP contribution is 2.24. The summed E-state index contributed by atoms with van der Waals surface area (Å²) in [7, 11) is 1.87. The number of hydrogen-bond donors (Lipinski definition) is 1. The molecule has 1 aromatic heterocycles. The second-order valence-electron chi connectivity index (χ2n) is 7.34. The number of aryl methyl sites for hydroxylation is 2. The Morgan fingerprint density at radius 2 is 2.00 bits per heavy atom. The summed E-state index contributed by atoms with van der Waals surface area (Å²) in [6.45, 7) is 8.75. The van der Waals surface area contributed by atoms with Gasteiger partial charge in [0.2, 0.25) is 0 Å². The van der Waals surface area contributed by atoms with E-state index >= 15 is 0 Å². The van der Waals surface area contributed by atoms with E-state index in [0.717, 1.165) is 35.7 Å². The lowest BCUT2D eigenvalue weighted by Gasteiger charge is -2.35. The van der Waals surface area contributed by atoms with E-state index in [4.69, 9.17) is 0 Å². The number of carbonyl (C=O) groups is 1. The van der Waals surface area contributed by atoms with Gasteiger partial charge in [-0.2, -0.15) is 5.10 Å². The molecule has 0 unspecified atom stereocenters. The molecular weight excluding hydrogens is 314 g/mol. The predicted molar refractivity (Wildman–Crippen MR) is 98.4 cm³/mol. The van der Waals surface area contributed by atoms with Crippen LogP contribution in [-0.4, -0.2) is 38.7 Å². The summed E-state index contributed by atoms with van der Waals surface area (Å²) in [6.07, 6.45) is 2.74. The molecule has 2 aromatic rings. The predicted octanol–water partition coefficient (Wildman–Crippen LogP) is 2.85. The molecule has 1 amide bonds. The maximum Gasteiger partial charge on any atom is 0.253 e. The molecule has 1 aliphatic heterocycles. The summed E-state index contributed by atoms with van der Waals surface area (Å²) in [5.41, 5.74) is 2.82. The third-order valence-corrected chi connectivity index (χ3v) is 4.88. The average molecular weight is 341 g/mol. The van der Waals surface area contributed by atoms with Crippen LogP contribution in [-0.2, 0) is 13.6 Å². The smallest absolute Gasteiger partial charge is 0.253 e. The summed E-state index contributed by atoms with van der Waals surface area (Å²) >= 11 is 0. The van der Waals surface area contributed by atoms with E-state index in [0.29, 0.717) is 18.4 Å². The number of likely N-dealkylation sites (tertiary alicyclic amines) is 1. The van der Waals surface area contributed by atoms with E-state index in [9.17, 15) is 4.79 Å². The summed E-state index contributed by atoms with van der Waals surface area (Å²) < 4.78 is 1.74. The Kier molecular flexibility index (Phi) is 5.06. The quantitative estimate of drug-likeness (QED) is 0.929. The molecule has 3 rings (SSSR count). The van der Waals surface area contributed by atoms with Crippen molar-refractivity contribution in [2.75, 3.05) is 18.4 Å². The Morgan fingerprint density at radius 3 is 2.64 bits per heavy atom. The monoisotopic (exact) mass is 341 g/mol. The number of aromatic nitrogens is 3. The number of carbonyl (C=O) groups excluding carboxylic acids is 1. The Labute approximate surface area is 149 Å². The first-order valence-corrected chi connectivity index (χ1v) is 8.90. The van der Waals surface area contributed by atoms with Crippen LogP contribution in [0.1, 0.15) is 42.0 Å². The van der Waals surface area contributed by atoms with Crippen LogP contribution >= 0.6 is 0 Å². The highest BCUT2D eigenvalue weighted by molar-refractivity contribution is 5.95. The van der Waals surface area contributed by atoms with Crippen LogP contribution in [0.5, 0.6) is 0 Å². The molecule has 1 aromatic carbocycles. The fraction of sp³-hybridized carbons (Fsp3) is 0.526. The van der Waals surface area contributed by atoms with Crippen LogP contribution < -0.4 is 5.32 Å². The first-order valence-electron chi connectivity index (χ1n) is 8.90. The third kappa shape index (κ3) is 4.00. The van der Waals surface area contributed by atoms with E-state index < -0.39 is 0 Å². The molecule has 1 N–H and O–H groups in total. The molecule has 0 saturated carbocycles. The minimum absolute atomic E-state index is 0.125. The molecule has 1 fully saturated rings. The molecule has 0 aliphatic carbocycles. The van der Waals surface area contributed by atoms with Crippen LogP contribution in [0.25, 0.3) is 0 Å². The van der Waals surface area contributed by atoms with Gasteiger partial charge in [0.1, 0.15) is 12.2 Å². The van der Waals surface area contributed by atoms with Gasteiger partial charge in [-0.3, -0.25) is 9.48 Å². The summed E-state index contributed by atoms with van der Waals surface area (Å²) in [4.78, 5) is 19.1. The van der Waals surface area contributed by atoms with Gasteiger partial charge in [0, 0.05) is 31.4 Å². The number of anilines is 1. The van der Waals surface area contributed by atoms with Crippen LogP contribution in [0.15, 0.2) is 24.5 Å². The topological polar surface area (TPSA) is 63.1 Å². The zero-order valence-electron chi connectivity index (χ0n) is 15.5. The number of piperidine rings is 1. The third-order valence-electron chi connectivity index (χ3n) is 4.88. The highest BCUT2D eigenvalue weighted by Gasteiger charge is 2.26. The van der Waals surface area contributed by atoms with Crippen molar-refractivity contribution in [1.29, 1.82) is 0 Å². The first-order chi connectivity index (χ1) is 11.9. The maximum absolute atomic E-state index is 12.9. The lowest BCUT2D eigenvalue weighted by molar-refractivity contribution is 0.0623. The molecule has 1 aliphatic rings. The summed E-state index contributed by atoms with van der Waals surface area (Å²) in [5, 5.41) is 7.46. The largest absolute Gasteiger partial charge is 0.378 e. The molecule has 0 bridgehead atoms. The van der Waals surface area contributed by atoms with Crippen molar-refractivity contribution in [1.82, 2.24) is 19.7 Å². The number of rotatable bonds is 4. The molecular formula is C19H27N5O. The summed E-state index contributed by atoms with van der Waals surface area (Å²) in [6, 6.07) is 5.89. The van der Waals surface area contributed by atoms with Gasteiger partial charge in [0.05, 0.1) is 6.54 Å². The van der Waals surface area contributed by atoms with Crippen LogP contribution in [0.4, 0.5) is 5.69 Å². The summed E-state index contributed by atoms with van der Waals surface area (Å²) in [5.74, 6) is 2.10.